The summed E-state index contributed by atoms with van der Waals surface area (Å²) in [6.45, 7) is 3.51. The van der Waals surface area contributed by atoms with Gasteiger partial charge in [0.2, 0.25) is 5.78 Å². The van der Waals surface area contributed by atoms with Crippen LogP contribution < -0.4 is 4.74 Å². The SMILES string of the molecule is O=C1C=C(O)C(Cl)=CC1=Nc1c(OCCN2CCCCC2)nn2ccccc12. The van der Waals surface area contributed by atoms with Gasteiger partial charge in [-0.05, 0) is 44.1 Å². The average molecular weight is 401 g/mol. The second kappa shape index (κ2) is 8.16. The zero-order valence-electron chi connectivity index (χ0n) is 15.3. The molecule has 3 heterocycles. The van der Waals surface area contributed by atoms with Crippen LogP contribution in [-0.4, -0.2) is 57.4 Å². The van der Waals surface area contributed by atoms with Gasteiger partial charge in [-0.15, -0.1) is 5.10 Å². The summed E-state index contributed by atoms with van der Waals surface area (Å²) in [6, 6.07) is 5.59. The van der Waals surface area contributed by atoms with Gasteiger partial charge < -0.3 is 9.84 Å². The van der Waals surface area contributed by atoms with E-state index in [9.17, 15) is 9.90 Å². The van der Waals surface area contributed by atoms with Crippen molar-refractivity contribution in [1.82, 2.24) is 14.5 Å². The van der Waals surface area contributed by atoms with Crippen molar-refractivity contribution in [2.45, 2.75) is 19.3 Å². The maximum atomic E-state index is 12.2. The highest BCUT2D eigenvalue weighted by Crippen LogP contribution is 2.33. The highest BCUT2D eigenvalue weighted by Gasteiger charge is 2.20. The van der Waals surface area contributed by atoms with E-state index in [-0.39, 0.29) is 16.5 Å². The first-order valence-electron chi connectivity index (χ1n) is 9.35. The Morgan fingerprint density at radius 3 is 2.86 bits per heavy atom. The number of fused-ring (bicyclic) bond motifs is 1. The molecule has 0 atom stereocenters. The standard InChI is InChI=1S/C20H21ClN4O3/c21-14-12-15(18(27)13-17(14)26)22-19-16-6-2-5-9-25(16)23-20(19)28-11-10-24-7-3-1-4-8-24/h2,5-6,9,12-13,26H,1,3-4,7-8,10-11H2. The largest absolute Gasteiger partial charge is 0.506 e. The van der Waals surface area contributed by atoms with Gasteiger partial charge >= 0.3 is 0 Å². The Kier molecular flexibility index (Phi) is 5.45. The van der Waals surface area contributed by atoms with Crippen LogP contribution in [0.15, 0.2) is 52.3 Å². The Bertz CT molecular complexity index is 986. The average Bonchev–Trinajstić information content (AvgIpc) is 3.04. The van der Waals surface area contributed by atoms with E-state index in [1.54, 1.807) is 10.7 Å². The molecule has 1 fully saturated rings. The number of allylic oxidation sites excluding steroid dienone is 3. The van der Waals surface area contributed by atoms with E-state index in [1.807, 2.05) is 18.2 Å². The molecule has 2 aromatic heterocycles. The number of piperidine rings is 1. The summed E-state index contributed by atoms with van der Waals surface area (Å²) >= 11 is 5.95. The molecule has 28 heavy (non-hydrogen) atoms. The van der Waals surface area contributed by atoms with Crippen molar-refractivity contribution in [2.75, 3.05) is 26.2 Å². The van der Waals surface area contributed by atoms with Gasteiger partial charge in [-0.3, -0.25) is 9.69 Å². The number of aliphatic hydroxyl groups is 1. The predicted octanol–water partition coefficient (Wildman–Crippen LogP) is 3.42. The van der Waals surface area contributed by atoms with E-state index < -0.39 is 5.78 Å². The van der Waals surface area contributed by atoms with Crippen LogP contribution in [0.1, 0.15) is 19.3 Å². The zero-order chi connectivity index (χ0) is 19.5. The minimum absolute atomic E-state index is 0.0717. The number of ketones is 1. The van der Waals surface area contributed by atoms with E-state index in [0.29, 0.717) is 18.2 Å². The smallest absolute Gasteiger partial charge is 0.260 e. The lowest BCUT2D eigenvalue weighted by Gasteiger charge is -2.25. The fourth-order valence-electron chi connectivity index (χ4n) is 3.36. The van der Waals surface area contributed by atoms with E-state index >= 15 is 0 Å². The second-order valence-corrected chi connectivity index (χ2v) is 7.23. The molecule has 8 heteroatoms. The van der Waals surface area contributed by atoms with Gasteiger partial charge in [-0.2, -0.15) is 0 Å². The molecule has 1 aliphatic heterocycles. The third-order valence-electron chi connectivity index (χ3n) is 4.84. The van der Waals surface area contributed by atoms with Crippen LogP contribution in [0.25, 0.3) is 5.52 Å². The summed E-state index contributed by atoms with van der Waals surface area (Å²) < 4.78 is 7.61. The van der Waals surface area contributed by atoms with Gasteiger partial charge in [0.15, 0.2) is 5.69 Å². The number of nitrogens with zero attached hydrogens (tertiary/aromatic N) is 4. The maximum Gasteiger partial charge on any atom is 0.260 e. The second-order valence-electron chi connectivity index (χ2n) is 6.82. The fraction of sp³-hybridized carbons (Fsp3) is 0.350. The highest BCUT2D eigenvalue weighted by atomic mass is 35.5. The molecular formula is C20H21ClN4O3. The Labute approximate surface area is 167 Å². The first-order chi connectivity index (χ1) is 13.6. The summed E-state index contributed by atoms with van der Waals surface area (Å²) in [5.41, 5.74) is 1.32. The van der Waals surface area contributed by atoms with Gasteiger partial charge in [-0.25, -0.2) is 9.51 Å². The zero-order valence-corrected chi connectivity index (χ0v) is 16.1. The number of hydrogen-bond donors (Lipinski definition) is 1. The van der Waals surface area contributed by atoms with Crippen molar-refractivity contribution in [2.24, 2.45) is 4.99 Å². The third kappa shape index (κ3) is 3.95. The minimum atomic E-state index is -0.420. The summed E-state index contributed by atoms with van der Waals surface area (Å²) in [5.74, 6) is -0.313. The summed E-state index contributed by atoms with van der Waals surface area (Å²) in [4.78, 5) is 19.0. The first-order valence-corrected chi connectivity index (χ1v) is 9.73. The third-order valence-corrected chi connectivity index (χ3v) is 5.14. The molecule has 0 aromatic carbocycles. The highest BCUT2D eigenvalue weighted by molar-refractivity contribution is 6.52. The lowest BCUT2D eigenvalue weighted by atomic mass is 10.1. The molecule has 1 saturated heterocycles. The Hall–Kier alpha value is -2.64. The lowest BCUT2D eigenvalue weighted by molar-refractivity contribution is -0.109. The molecular weight excluding hydrogens is 380 g/mol. The monoisotopic (exact) mass is 400 g/mol. The van der Waals surface area contributed by atoms with Gasteiger partial charge in [0.05, 0.1) is 10.5 Å². The van der Waals surface area contributed by atoms with E-state index in [2.05, 4.69) is 15.0 Å². The summed E-state index contributed by atoms with van der Waals surface area (Å²) in [7, 11) is 0. The number of halogens is 1. The van der Waals surface area contributed by atoms with E-state index in [0.717, 1.165) is 31.2 Å². The molecule has 2 aliphatic rings. The molecule has 1 aliphatic carbocycles. The van der Waals surface area contributed by atoms with Gasteiger partial charge in [0.25, 0.3) is 5.88 Å². The quantitative estimate of drug-likeness (QED) is 0.778. The van der Waals surface area contributed by atoms with Crippen LogP contribution in [0.3, 0.4) is 0 Å². The predicted molar refractivity (Wildman–Crippen MR) is 108 cm³/mol. The van der Waals surface area contributed by atoms with Crippen molar-refractivity contribution < 1.29 is 14.6 Å². The molecule has 0 bridgehead atoms. The number of carbonyl (C=O) groups excluding carboxylic acids is 1. The normalized spacial score (nSPS) is 19.8. The van der Waals surface area contributed by atoms with Crippen molar-refractivity contribution in [3.63, 3.8) is 0 Å². The molecule has 0 unspecified atom stereocenters. The Morgan fingerprint density at radius 2 is 2.04 bits per heavy atom. The fourth-order valence-corrected chi connectivity index (χ4v) is 3.52. The van der Waals surface area contributed by atoms with Crippen LogP contribution in [-0.2, 0) is 4.79 Å². The molecule has 0 spiro atoms. The van der Waals surface area contributed by atoms with Gasteiger partial charge in [-0.1, -0.05) is 24.1 Å². The lowest BCUT2D eigenvalue weighted by Crippen LogP contribution is -2.33. The molecule has 146 valence electrons. The number of ether oxygens (including phenoxy) is 1. The summed E-state index contributed by atoms with van der Waals surface area (Å²) in [5, 5.41) is 14.1. The van der Waals surface area contributed by atoms with Crippen molar-refractivity contribution >= 4 is 34.3 Å². The number of rotatable bonds is 5. The van der Waals surface area contributed by atoms with Gasteiger partial charge in [0.1, 0.15) is 18.1 Å². The van der Waals surface area contributed by atoms with Crippen LogP contribution in [0.2, 0.25) is 0 Å². The Morgan fingerprint density at radius 1 is 1.21 bits per heavy atom. The molecule has 2 aromatic rings. The number of carbonyl (C=O) groups is 1. The van der Waals surface area contributed by atoms with E-state index in [4.69, 9.17) is 16.3 Å². The minimum Gasteiger partial charge on any atom is -0.506 e. The van der Waals surface area contributed by atoms with Crippen LogP contribution in [0.4, 0.5) is 5.69 Å². The van der Waals surface area contributed by atoms with Crippen molar-refractivity contribution in [3.05, 3.63) is 47.3 Å². The number of pyridine rings is 1. The van der Waals surface area contributed by atoms with Crippen LogP contribution in [0.5, 0.6) is 5.88 Å². The number of aliphatic hydroxyl groups excluding tert-OH is 1. The number of aliphatic imine (C=N–C) groups is 1. The first kappa shape index (κ1) is 18.7. The van der Waals surface area contributed by atoms with E-state index in [1.165, 1.54) is 25.3 Å². The number of likely N-dealkylation sites (tertiary alicyclic amines) is 1. The molecule has 1 N–H and O–H groups in total. The van der Waals surface area contributed by atoms with Gasteiger partial charge in [0, 0.05) is 18.8 Å². The number of aromatic nitrogens is 2. The number of hydrogen-bond acceptors (Lipinski definition) is 6. The van der Waals surface area contributed by atoms with Crippen molar-refractivity contribution in [3.8, 4) is 5.88 Å². The molecule has 7 nitrogen and oxygen atoms in total. The Balaban J connectivity index is 1.60. The molecule has 0 amide bonds. The summed E-state index contributed by atoms with van der Waals surface area (Å²) in [6.07, 6.45) is 7.95. The topological polar surface area (TPSA) is 79.4 Å². The molecule has 4 rings (SSSR count). The maximum absolute atomic E-state index is 12.2. The van der Waals surface area contributed by atoms with Crippen LogP contribution in [0, 0.1) is 0 Å². The molecule has 0 saturated carbocycles. The molecule has 0 radical (unpaired) electrons. The van der Waals surface area contributed by atoms with Crippen molar-refractivity contribution in [1.29, 1.82) is 0 Å². The van der Waals surface area contributed by atoms with Crippen LogP contribution >= 0.6 is 11.6 Å².